The summed E-state index contributed by atoms with van der Waals surface area (Å²) in [6.45, 7) is 2.11. The molecule has 0 saturated heterocycles. The Morgan fingerprint density at radius 3 is 2.23 bits per heavy atom. The van der Waals surface area contributed by atoms with Gasteiger partial charge in [-0.05, 0) is 36.2 Å². The van der Waals surface area contributed by atoms with Crippen LogP contribution in [0.2, 0.25) is 0 Å². The number of aromatic nitrogens is 4. The second-order valence-electron chi connectivity index (χ2n) is 7.25. The Kier molecular flexibility index (Phi) is 5.00. The van der Waals surface area contributed by atoms with Crippen LogP contribution in [-0.2, 0) is 6.42 Å². The van der Waals surface area contributed by atoms with Crippen LogP contribution < -0.4 is 5.56 Å². The molecule has 152 valence electrons. The van der Waals surface area contributed by atoms with Crippen molar-refractivity contribution in [1.29, 1.82) is 0 Å². The van der Waals surface area contributed by atoms with E-state index in [-0.39, 0.29) is 5.56 Å². The van der Waals surface area contributed by atoms with E-state index in [1.54, 1.807) is 0 Å². The summed E-state index contributed by atoms with van der Waals surface area (Å²) < 4.78 is 2.92. The summed E-state index contributed by atoms with van der Waals surface area (Å²) in [4.78, 5) is 25.4. The van der Waals surface area contributed by atoms with Gasteiger partial charge in [0.05, 0.1) is 0 Å². The van der Waals surface area contributed by atoms with E-state index >= 15 is 0 Å². The van der Waals surface area contributed by atoms with Crippen LogP contribution in [-0.4, -0.2) is 19.5 Å². The lowest BCUT2D eigenvalue weighted by molar-refractivity contribution is 1.07. The van der Waals surface area contributed by atoms with Crippen LogP contribution in [0.4, 0.5) is 0 Å². The number of aromatic amines is 1. The van der Waals surface area contributed by atoms with E-state index in [2.05, 4.69) is 40.0 Å². The van der Waals surface area contributed by atoms with Gasteiger partial charge < -0.3 is 4.98 Å². The largest absolute Gasteiger partial charge is 0.305 e. The summed E-state index contributed by atoms with van der Waals surface area (Å²) in [5.41, 5.74) is 4.48. The molecule has 0 fully saturated rings. The van der Waals surface area contributed by atoms with E-state index in [4.69, 9.17) is 9.97 Å². The highest BCUT2D eigenvalue weighted by atomic mass is 79.9. The monoisotopic (exact) mass is 470 g/mol. The van der Waals surface area contributed by atoms with Gasteiger partial charge in [0.1, 0.15) is 11.6 Å². The first-order chi connectivity index (χ1) is 15.1. The van der Waals surface area contributed by atoms with Crippen LogP contribution >= 0.6 is 15.9 Å². The zero-order valence-corrected chi connectivity index (χ0v) is 18.4. The summed E-state index contributed by atoms with van der Waals surface area (Å²) in [6, 6.07) is 25.8. The number of rotatable bonds is 4. The minimum Gasteiger partial charge on any atom is -0.305 e. The summed E-state index contributed by atoms with van der Waals surface area (Å²) in [5.74, 6) is 1.20. The summed E-state index contributed by atoms with van der Waals surface area (Å²) >= 11 is 3.48. The molecule has 0 unspecified atom stereocenters. The molecule has 0 saturated carbocycles. The second-order valence-corrected chi connectivity index (χ2v) is 8.17. The molecule has 5 nitrogen and oxygen atoms in total. The number of halogens is 1. The summed E-state index contributed by atoms with van der Waals surface area (Å²) in [7, 11) is 0. The Bertz CT molecular complexity index is 1420. The summed E-state index contributed by atoms with van der Waals surface area (Å²) in [6.07, 6.45) is 0.959. The topological polar surface area (TPSA) is 63.6 Å². The molecule has 6 heteroatoms. The highest BCUT2D eigenvalue weighted by Crippen LogP contribution is 2.28. The van der Waals surface area contributed by atoms with Crippen molar-refractivity contribution in [2.45, 2.75) is 13.3 Å². The number of aryl methyl sites for hydroxylation is 1. The quantitative estimate of drug-likeness (QED) is 0.362. The Labute approximate surface area is 187 Å². The van der Waals surface area contributed by atoms with Gasteiger partial charge in [-0.3, -0.25) is 9.36 Å². The third-order valence-corrected chi connectivity index (χ3v) is 5.80. The predicted octanol–water partition coefficient (Wildman–Crippen LogP) is 5.77. The minimum absolute atomic E-state index is 0.257. The van der Waals surface area contributed by atoms with E-state index in [1.807, 2.05) is 71.3 Å². The number of para-hydroxylation sites is 1. The number of fused-ring (bicyclic) bond motifs is 1. The Hall–Kier alpha value is -3.51. The molecule has 5 aromatic rings. The minimum atomic E-state index is -0.257. The average molecular weight is 471 g/mol. The number of imidazole rings is 1. The molecule has 0 aliphatic carbocycles. The first-order valence-corrected chi connectivity index (χ1v) is 10.9. The van der Waals surface area contributed by atoms with Crippen molar-refractivity contribution < 1.29 is 0 Å². The molecule has 0 radical (unpaired) electrons. The van der Waals surface area contributed by atoms with E-state index in [1.165, 1.54) is 5.56 Å². The van der Waals surface area contributed by atoms with Crippen molar-refractivity contribution in [2.75, 3.05) is 0 Å². The molecule has 0 spiro atoms. The zero-order chi connectivity index (χ0) is 21.4. The Morgan fingerprint density at radius 1 is 0.871 bits per heavy atom. The lowest BCUT2D eigenvalue weighted by Crippen LogP contribution is -2.10. The van der Waals surface area contributed by atoms with Gasteiger partial charge in [-0.15, -0.1) is 0 Å². The molecular formula is C25H19BrN4O. The van der Waals surface area contributed by atoms with Crippen LogP contribution in [0.3, 0.4) is 0 Å². The van der Waals surface area contributed by atoms with Crippen molar-refractivity contribution in [3.63, 3.8) is 0 Å². The lowest BCUT2D eigenvalue weighted by atomic mass is 10.1. The summed E-state index contributed by atoms with van der Waals surface area (Å²) in [5, 5.41) is 0. The molecule has 0 aliphatic rings. The molecule has 3 aromatic carbocycles. The number of H-pyrrole nitrogens is 1. The third-order valence-electron chi connectivity index (χ3n) is 5.27. The second kappa shape index (κ2) is 7.96. The van der Waals surface area contributed by atoms with Gasteiger partial charge in [0.2, 0.25) is 0 Å². The molecular weight excluding hydrogens is 452 g/mol. The smallest absolute Gasteiger partial charge is 0.279 e. The number of nitrogens with one attached hydrogen (secondary N) is 1. The molecule has 1 N–H and O–H groups in total. The van der Waals surface area contributed by atoms with Crippen molar-refractivity contribution in [3.05, 3.63) is 99.3 Å². The molecule has 31 heavy (non-hydrogen) atoms. The maximum atomic E-state index is 13.0. The van der Waals surface area contributed by atoms with Gasteiger partial charge in [-0.25, -0.2) is 9.97 Å². The zero-order valence-electron chi connectivity index (χ0n) is 16.8. The number of hydrogen-bond donors (Lipinski definition) is 1. The van der Waals surface area contributed by atoms with Gasteiger partial charge in [-0.1, -0.05) is 77.5 Å². The van der Waals surface area contributed by atoms with E-state index in [0.717, 1.165) is 27.7 Å². The van der Waals surface area contributed by atoms with Crippen molar-refractivity contribution in [1.82, 2.24) is 19.5 Å². The fourth-order valence-corrected chi connectivity index (χ4v) is 3.88. The highest BCUT2D eigenvalue weighted by Gasteiger charge is 2.19. The van der Waals surface area contributed by atoms with Crippen LogP contribution in [0.25, 0.3) is 39.6 Å². The maximum absolute atomic E-state index is 13.0. The fourth-order valence-electron chi connectivity index (χ4n) is 3.62. The van der Waals surface area contributed by atoms with Gasteiger partial charge in [0, 0.05) is 21.3 Å². The molecule has 0 aliphatic heterocycles. The molecule has 2 aromatic heterocycles. The Balaban J connectivity index is 1.79. The van der Waals surface area contributed by atoms with Gasteiger partial charge >= 0.3 is 0 Å². The average Bonchev–Trinajstić information content (AvgIpc) is 3.20. The molecule has 0 atom stereocenters. The molecule has 5 rings (SSSR count). The van der Waals surface area contributed by atoms with Crippen LogP contribution in [0, 0.1) is 0 Å². The SMILES string of the molecule is CCc1ccc(-c2nc3c(nc(-c4ccc(Br)cc4)n3-c3ccccc3)c(=O)[nH]2)cc1. The van der Waals surface area contributed by atoms with Crippen LogP contribution in [0.5, 0.6) is 0 Å². The molecule has 2 heterocycles. The standard InChI is InChI=1S/C25H19BrN4O/c1-2-16-8-10-17(11-9-16)22-28-24-21(25(31)29-22)27-23(18-12-14-19(26)15-13-18)30(24)20-6-4-3-5-7-20/h3-15H,2H2,1H3,(H,28,29,31). The lowest BCUT2D eigenvalue weighted by Gasteiger charge is -2.09. The first kappa shape index (κ1) is 19.5. The Morgan fingerprint density at radius 2 is 1.55 bits per heavy atom. The van der Waals surface area contributed by atoms with Gasteiger partial charge in [0.25, 0.3) is 5.56 Å². The van der Waals surface area contributed by atoms with Crippen LogP contribution in [0.1, 0.15) is 12.5 Å². The van der Waals surface area contributed by atoms with E-state index < -0.39 is 0 Å². The maximum Gasteiger partial charge on any atom is 0.279 e. The normalized spacial score (nSPS) is 11.2. The van der Waals surface area contributed by atoms with E-state index in [0.29, 0.717) is 22.8 Å². The molecule has 0 bridgehead atoms. The van der Waals surface area contributed by atoms with Crippen molar-refractivity contribution in [2.24, 2.45) is 0 Å². The first-order valence-electron chi connectivity index (χ1n) is 10.1. The van der Waals surface area contributed by atoms with E-state index in [9.17, 15) is 4.79 Å². The molecule has 0 amide bonds. The van der Waals surface area contributed by atoms with Gasteiger partial charge in [-0.2, -0.15) is 0 Å². The van der Waals surface area contributed by atoms with Crippen LogP contribution in [0.15, 0.2) is 88.1 Å². The third kappa shape index (κ3) is 3.59. The predicted molar refractivity (Wildman–Crippen MR) is 127 cm³/mol. The number of nitrogens with zero attached hydrogens (tertiary/aromatic N) is 3. The van der Waals surface area contributed by atoms with Crippen molar-refractivity contribution >= 4 is 27.1 Å². The number of hydrogen-bond acceptors (Lipinski definition) is 3. The van der Waals surface area contributed by atoms with Crippen molar-refractivity contribution in [3.8, 4) is 28.5 Å². The highest BCUT2D eigenvalue weighted by molar-refractivity contribution is 9.10. The van der Waals surface area contributed by atoms with Gasteiger partial charge in [0.15, 0.2) is 11.2 Å². The number of benzene rings is 3. The fraction of sp³-hybridized carbons (Fsp3) is 0.0800.